The van der Waals surface area contributed by atoms with Gasteiger partial charge in [-0.2, -0.15) is 0 Å². The molecule has 1 aliphatic rings. The number of fused-ring (bicyclic) bond motifs is 1. The minimum absolute atomic E-state index is 0.0166. The van der Waals surface area contributed by atoms with E-state index in [9.17, 15) is 10.1 Å². The van der Waals surface area contributed by atoms with Crippen LogP contribution in [-0.4, -0.2) is 17.6 Å². The molecule has 1 unspecified atom stereocenters. The number of ether oxygens (including phenoxy) is 1. The van der Waals surface area contributed by atoms with E-state index in [2.05, 4.69) is 5.32 Å². The average molecular weight is 285 g/mol. The number of nitrogen functional groups attached to an aromatic ring is 1. The molecular formula is C15H15N3O3. The van der Waals surface area contributed by atoms with E-state index in [0.29, 0.717) is 17.9 Å². The van der Waals surface area contributed by atoms with Gasteiger partial charge < -0.3 is 15.8 Å². The van der Waals surface area contributed by atoms with E-state index in [-0.39, 0.29) is 11.8 Å². The van der Waals surface area contributed by atoms with Crippen molar-refractivity contribution < 1.29 is 9.66 Å². The van der Waals surface area contributed by atoms with Gasteiger partial charge in [0.2, 0.25) is 0 Å². The summed E-state index contributed by atoms with van der Waals surface area (Å²) >= 11 is 0. The molecule has 0 bridgehead atoms. The van der Waals surface area contributed by atoms with E-state index >= 15 is 0 Å². The van der Waals surface area contributed by atoms with Gasteiger partial charge >= 0.3 is 0 Å². The Morgan fingerprint density at radius 2 is 2.14 bits per heavy atom. The standard InChI is InChI=1S/C15H15N3O3/c16-11-6-12(8-13(7-11)18(19)20)17-9-14-5-10-3-1-2-4-15(10)21-14/h1-4,6-8,14,17H,5,9,16H2. The molecule has 108 valence electrons. The molecule has 6 nitrogen and oxygen atoms in total. The van der Waals surface area contributed by atoms with Crippen LogP contribution in [0.15, 0.2) is 42.5 Å². The second-order valence-corrected chi connectivity index (χ2v) is 5.00. The number of benzene rings is 2. The lowest BCUT2D eigenvalue weighted by Crippen LogP contribution is -2.24. The predicted molar refractivity (Wildman–Crippen MR) is 80.6 cm³/mol. The number of hydrogen-bond acceptors (Lipinski definition) is 5. The molecule has 0 saturated heterocycles. The minimum Gasteiger partial charge on any atom is -0.488 e. The number of non-ortho nitro benzene ring substituents is 1. The van der Waals surface area contributed by atoms with Crippen molar-refractivity contribution in [1.82, 2.24) is 0 Å². The van der Waals surface area contributed by atoms with Gasteiger partial charge in [0, 0.05) is 29.9 Å². The Bertz CT molecular complexity index is 663. The first-order valence-electron chi connectivity index (χ1n) is 6.65. The van der Waals surface area contributed by atoms with Crippen molar-refractivity contribution in [2.24, 2.45) is 0 Å². The van der Waals surface area contributed by atoms with Gasteiger partial charge in [-0.05, 0) is 17.7 Å². The van der Waals surface area contributed by atoms with Crippen LogP contribution in [0.5, 0.6) is 5.75 Å². The largest absolute Gasteiger partial charge is 0.488 e. The number of nitro groups is 1. The molecule has 0 fully saturated rings. The summed E-state index contributed by atoms with van der Waals surface area (Å²) in [5.41, 5.74) is 7.83. The number of nitrogens with one attached hydrogen (secondary N) is 1. The highest BCUT2D eigenvalue weighted by Gasteiger charge is 2.22. The third-order valence-electron chi connectivity index (χ3n) is 3.40. The van der Waals surface area contributed by atoms with Crippen molar-refractivity contribution >= 4 is 17.1 Å². The molecular weight excluding hydrogens is 270 g/mol. The zero-order valence-electron chi connectivity index (χ0n) is 11.3. The third-order valence-corrected chi connectivity index (χ3v) is 3.40. The zero-order chi connectivity index (χ0) is 14.8. The summed E-state index contributed by atoms with van der Waals surface area (Å²) in [5, 5.41) is 14.0. The number of rotatable bonds is 4. The Hall–Kier alpha value is -2.76. The first-order chi connectivity index (χ1) is 10.1. The Morgan fingerprint density at radius 1 is 1.33 bits per heavy atom. The van der Waals surface area contributed by atoms with Crippen LogP contribution in [0.2, 0.25) is 0 Å². The average Bonchev–Trinajstić information content (AvgIpc) is 2.87. The molecule has 0 radical (unpaired) electrons. The number of nitrogens with two attached hydrogens (primary N) is 1. The summed E-state index contributed by atoms with van der Waals surface area (Å²) in [5.74, 6) is 0.905. The van der Waals surface area contributed by atoms with Gasteiger partial charge in [-0.15, -0.1) is 0 Å². The minimum atomic E-state index is -0.455. The van der Waals surface area contributed by atoms with E-state index in [1.807, 2.05) is 24.3 Å². The first kappa shape index (κ1) is 13.2. The Morgan fingerprint density at radius 3 is 2.90 bits per heavy atom. The topological polar surface area (TPSA) is 90.4 Å². The molecule has 2 aromatic rings. The van der Waals surface area contributed by atoms with Crippen molar-refractivity contribution in [2.45, 2.75) is 12.5 Å². The van der Waals surface area contributed by atoms with Crippen molar-refractivity contribution in [3.8, 4) is 5.75 Å². The smallest absolute Gasteiger partial charge is 0.273 e. The quantitative estimate of drug-likeness (QED) is 0.512. The first-order valence-corrected chi connectivity index (χ1v) is 6.65. The molecule has 2 aromatic carbocycles. The highest BCUT2D eigenvalue weighted by Crippen LogP contribution is 2.28. The summed E-state index contributed by atoms with van der Waals surface area (Å²) in [4.78, 5) is 10.4. The van der Waals surface area contributed by atoms with Crippen LogP contribution in [0.25, 0.3) is 0 Å². The highest BCUT2D eigenvalue weighted by molar-refractivity contribution is 5.61. The molecule has 0 saturated carbocycles. The summed E-state index contributed by atoms with van der Waals surface area (Å²) in [6.07, 6.45) is 0.844. The summed E-state index contributed by atoms with van der Waals surface area (Å²) in [7, 11) is 0. The van der Waals surface area contributed by atoms with Crippen LogP contribution < -0.4 is 15.8 Å². The maximum Gasteiger partial charge on any atom is 0.273 e. The SMILES string of the molecule is Nc1cc(NCC2Cc3ccccc3O2)cc([N+](=O)[O-])c1. The fourth-order valence-corrected chi connectivity index (χ4v) is 2.44. The Labute approximate surface area is 121 Å². The summed E-state index contributed by atoms with van der Waals surface area (Å²) in [6, 6.07) is 12.4. The van der Waals surface area contributed by atoms with Gasteiger partial charge in [0.25, 0.3) is 5.69 Å². The number of para-hydroxylation sites is 1. The van der Waals surface area contributed by atoms with E-state index < -0.39 is 4.92 Å². The van der Waals surface area contributed by atoms with Crippen LogP contribution in [-0.2, 0) is 6.42 Å². The number of hydrogen-bond donors (Lipinski definition) is 2. The van der Waals surface area contributed by atoms with Crippen LogP contribution in [0.3, 0.4) is 0 Å². The molecule has 0 spiro atoms. The van der Waals surface area contributed by atoms with Gasteiger partial charge in [0.15, 0.2) is 0 Å². The van der Waals surface area contributed by atoms with Crippen molar-refractivity contribution in [3.63, 3.8) is 0 Å². The molecule has 21 heavy (non-hydrogen) atoms. The maximum atomic E-state index is 10.8. The highest BCUT2D eigenvalue weighted by atomic mass is 16.6. The monoisotopic (exact) mass is 285 g/mol. The normalized spacial score (nSPS) is 16.1. The van der Waals surface area contributed by atoms with E-state index in [4.69, 9.17) is 10.5 Å². The van der Waals surface area contributed by atoms with Gasteiger partial charge in [-0.25, -0.2) is 0 Å². The molecule has 3 N–H and O–H groups in total. The Kier molecular flexibility index (Phi) is 3.35. The zero-order valence-corrected chi connectivity index (χ0v) is 11.3. The van der Waals surface area contributed by atoms with Crippen molar-refractivity contribution in [1.29, 1.82) is 0 Å². The molecule has 0 aromatic heterocycles. The van der Waals surface area contributed by atoms with Gasteiger partial charge in [0.1, 0.15) is 11.9 Å². The van der Waals surface area contributed by atoms with E-state index in [1.165, 1.54) is 17.7 Å². The summed E-state index contributed by atoms with van der Waals surface area (Å²) < 4.78 is 5.81. The van der Waals surface area contributed by atoms with Gasteiger partial charge in [-0.3, -0.25) is 10.1 Å². The van der Waals surface area contributed by atoms with Crippen LogP contribution >= 0.6 is 0 Å². The lowest BCUT2D eigenvalue weighted by Gasteiger charge is -2.13. The molecule has 1 atom stereocenters. The number of nitrogens with zero attached hydrogens (tertiary/aromatic N) is 1. The van der Waals surface area contributed by atoms with Crippen molar-refractivity contribution in [2.75, 3.05) is 17.6 Å². The molecule has 0 amide bonds. The third kappa shape index (κ3) is 2.89. The van der Waals surface area contributed by atoms with Gasteiger partial charge in [0.05, 0.1) is 11.5 Å². The van der Waals surface area contributed by atoms with E-state index in [1.54, 1.807) is 6.07 Å². The number of nitro benzene ring substituents is 1. The van der Waals surface area contributed by atoms with E-state index in [0.717, 1.165) is 12.2 Å². The molecule has 3 rings (SSSR count). The fraction of sp³-hybridized carbons (Fsp3) is 0.200. The lowest BCUT2D eigenvalue weighted by molar-refractivity contribution is -0.384. The molecule has 1 heterocycles. The summed E-state index contributed by atoms with van der Waals surface area (Å²) in [6.45, 7) is 0.565. The molecule has 1 aliphatic heterocycles. The second-order valence-electron chi connectivity index (χ2n) is 5.00. The molecule has 0 aliphatic carbocycles. The fourth-order valence-electron chi connectivity index (χ4n) is 2.44. The van der Waals surface area contributed by atoms with Crippen molar-refractivity contribution in [3.05, 3.63) is 58.1 Å². The van der Waals surface area contributed by atoms with Gasteiger partial charge in [-0.1, -0.05) is 18.2 Å². The number of anilines is 2. The maximum absolute atomic E-state index is 10.8. The van der Waals surface area contributed by atoms with Crippen LogP contribution in [0.1, 0.15) is 5.56 Å². The second kappa shape index (κ2) is 5.32. The molecule has 6 heteroatoms. The van der Waals surface area contributed by atoms with Crippen LogP contribution in [0.4, 0.5) is 17.1 Å². The lowest BCUT2D eigenvalue weighted by atomic mass is 10.1. The van der Waals surface area contributed by atoms with Crippen LogP contribution in [0, 0.1) is 10.1 Å². The Balaban J connectivity index is 1.65. The predicted octanol–water partition coefficient (Wildman–Crippen LogP) is 2.59.